The summed E-state index contributed by atoms with van der Waals surface area (Å²) in [5, 5.41) is 4.04. The molecule has 2 aromatic carbocycles. The molecule has 0 bridgehead atoms. The van der Waals surface area contributed by atoms with Gasteiger partial charge in [-0.05, 0) is 31.2 Å². The first-order valence-corrected chi connectivity index (χ1v) is 11.1. The van der Waals surface area contributed by atoms with Crippen LogP contribution in [-0.2, 0) is 16.6 Å². The summed E-state index contributed by atoms with van der Waals surface area (Å²) in [5.74, 6) is 0.954. The molecule has 0 radical (unpaired) electrons. The van der Waals surface area contributed by atoms with Gasteiger partial charge in [-0.3, -0.25) is 9.69 Å². The molecule has 0 spiro atoms. The highest BCUT2D eigenvalue weighted by Crippen LogP contribution is 2.20. The van der Waals surface area contributed by atoms with Crippen molar-refractivity contribution in [3.05, 3.63) is 66.0 Å². The van der Waals surface area contributed by atoms with Crippen LogP contribution in [0.5, 0.6) is 0 Å². The highest BCUT2D eigenvalue weighted by Gasteiger charge is 2.29. The van der Waals surface area contributed by atoms with Crippen LogP contribution in [0.1, 0.15) is 23.1 Å². The predicted octanol–water partition coefficient (Wildman–Crippen LogP) is 2.45. The van der Waals surface area contributed by atoms with Gasteiger partial charge in [-0.2, -0.15) is 9.29 Å². The third-order valence-electron chi connectivity index (χ3n) is 5.08. The Hall–Kier alpha value is -2.88. The number of aromatic nitrogens is 2. The molecule has 0 N–H and O–H groups in total. The van der Waals surface area contributed by atoms with Crippen LogP contribution in [-0.4, -0.2) is 59.7 Å². The number of rotatable bonds is 6. The van der Waals surface area contributed by atoms with Gasteiger partial charge in [-0.15, -0.1) is 0 Å². The van der Waals surface area contributed by atoms with Crippen molar-refractivity contribution < 1.29 is 17.7 Å². The zero-order chi connectivity index (χ0) is 21.1. The monoisotopic (exact) mass is 426 g/mol. The number of piperazine rings is 1. The van der Waals surface area contributed by atoms with E-state index >= 15 is 0 Å². The number of carbonyl (C=O) groups excluding carboxylic acids is 1. The smallest absolute Gasteiger partial charge is 0.257 e. The lowest BCUT2D eigenvalue weighted by Crippen LogP contribution is -2.48. The maximum absolute atomic E-state index is 12.9. The Bertz CT molecular complexity index is 1120. The van der Waals surface area contributed by atoms with Gasteiger partial charge in [0.2, 0.25) is 10.0 Å². The number of hydrogen-bond acceptors (Lipinski definition) is 7. The van der Waals surface area contributed by atoms with Gasteiger partial charge in [0.1, 0.15) is 0 Å². The van der Waals surface area contributed by atoms with Gasteiger partial charge in [0.25, 0.3) is 5.89 Å². The molecule has 0 unspecified atom stereocenters. The fraction of sp³-hybridized carbons (Fsp3) is 0.286. The minimum absolute atomic E-state index is 0.0931. The second-order valence-electron chi connectivity index (χ2n) is 7.14. The molecule has 1 fully saturated rings. The molecular formula is C21H22N4O4S. The second-order valence-corrected chi connectivity index (χ2v) is 9.08. The Morgan fingerprint density at radius 1 is 1.00 bits per heavy atom. The van der Waals surface area contributed by atoms with Gasteiger partial charge in [0.15, 0.2) is 11.6 Å². The molecule has 0 atom stereocenters. The highest BCUT2D eigenvalue weighted by molar-refractivity contribution is 7.89. The Morgan fingerprint density at radius 3 is 2.30 bits per heavy atom. The Labute approximate surface area is 175 Å². The number of hydrogen-bond donors (Lipinski definition) is 0. The molecule has 0 aliphatic carbocycles. The Morgan fingerprint density at radius 2 is 1.67 bits per heavy atom. The van der Waals surface area contributed by atoms with Crippen molar-refractivity contribution in [1.29, 1.82) is 0 Å². The van der Waals surface area contributed by atoms with Crippen LogP contribution in [0.3, 0.4) is 0 Å². The minimum Gasteiger partial charge on any atom is -0.334 e. The first-order valence-electron chi connectivity index (χ1n) is 9.65. The van der Waals surface area contributed by atoms with Gasteiger partial charge in [0, 0.05) is 37.3 Å². The molecule has 1 aromatic heterocycles. The average Bonchev–Trinajstić information content (AvgIpc) is 3.23. The molecule has 0 saturated carbocycles. The minimum atomic E-state index is -3.59. The summed E-state index contributed by atoms with van der Waals surface area (Å²) in [6.07, 6.45) is 0. The van der Waals surface area contributed by atoms with E-state index in [1.807, 2.05) is 30.3 Å². The van der Waals surface area contributed by atoms with Crippen molar-refractivity contribution in [3.8, 4) is 11.5 Å². The molecule has 0 amide bonds. The Balaban J connectivity index is 1.37. The third kappa shape index (κ3) is 4.33. The van der Waals surface area contributed by atoms with E-state index < -0.39 is 10.0 Å². The van der Waals surface area contributed by atoms with E-state index in [1.165, 1.54) is 23.4 Å². The number of sulfonamides is 1. The summed E-state index contributed by atoms with van der Waals surface area (Å²) < 4.78 is 32.6. The van der Waals surface area contributed by atoms with E-state index in [2.05, 4.69) is 15.0 Å². The van der Waals surface area contributed by atoms with E-state index in [4.69, 9.17) is 4.52 Å². The molecule has 8 nitrogen and oxygen atoms in total. The first-order chi connectivity index (χ1) is 14.4. The van der Waals surface area contributed by atoms with Crippen molar-refractivity contribution in [2.75, 3.05) is 26.2 Å². The quantitative estimate of drug-likeness (QED) is 0.559. The topological polar surface area (TPSA) is 96.6 Å². The molecule has 1 aliphatic heterocycles. The molecule has 9 heteroatoms. The van der Waals surface area contributed by atoms with Crippen LogP contribution in [0.4, 0.5) is 0 Å². The van der Waals surface area contributed by atoms with Crippen LogP contribution in [0.25, 0.3) is 11.5 Å². The van der Waals surface area contributed by atoms with Crippen molar-refractivity contribution in [3.63, 3.8) is 0 Å². The van der Waals surface area contributed by atoms with Gasteiger partial charge in [-0.25, -0.2) is 8.42 Å². The van der Waals surface area contributed by atoms with E-state index in [1.54, 1.807) is 12.1 Å². The van der Waals surface area contributed by atoms with Crippen LogP contribution in [0.15, 0.2) is 64.0 Å². The maximum atomic E-state index is 12.9. The van der Waals surface area contributed by atoms with Crippen LogP contribution >= 0.6 is 0 Å². The van der Waals surface area contributed by atoms with Gasteiger partial charge in [0.05, 0.1) is 11.4 Å². The maximum Gasteiger partial charge on any atom is 0.257 e. The van der Waals surface area contributed by atoms with Crippen molar-refractivity contribution in [2.24, 2.45) is 0 Å². The number of nitrogens with zero attached hydrogens (tertiary/aromatic N) is 4. The molecule has 1 saturated heterocycles. The first kappa shape index (κ1) is 20.4. The standard InChI is InChI=1S/C21H22N4O4S/c1-16(26)17-7-9-19(10-8-17)30(27,28)25-13-11-24(12-14-25)15-20-22-21(29-23-20)18-5-3-2-4-6-18/h2-10H,11-15H2,1H3. The van der Waals surface area contributed by atoms with E-state index in [9.17, 15) is 13.2 Å². The largest absolute Gasteiger partial charge is 0.334 e. The molecular weight excluding hydrogens is 404 g/mol. The van der Waals surface area contributed by atoms with Crippen LogP contribution in [0, 0.1) is 0 Å². The van der Waals surface area contributed by atoms with Gasteiger partial charge >= 0.3 is 0 Å². The summed E-state index contributed by atoms with van der Waals surface area (Å²) >= 11 is 0. The number of Topliss-reactive ketones (excluding diaryl/α,β-unsaturated/α-hetero) is 1. The fourth-order valence-corrected chi connectivity index (χ4v) is 4.78. The summed E-state index contributed by atoms with van der Waals surface area (Å²) in [7, 11) is -3.59. The van der Waals surface area contributed by atoms with Crippen molar-refractivity contribution >= 4 is 15.8 Å². The number of carbonyl (C=O) groups is 1. The van der Waals surface area contributed by atoms with Crippen molar-refractivity contribution in [1.82, 2.24) is 19.3 Å². The average molecular weight is 426 g/mol. The predicted molar refractivity (Wildman–Crippen MR) is 110 cm³/mol. The van der Waals surface area contributed by atoms with E-state index in [0.717, 1.165) is 5.56 Å². The van der Waals surface area contributed by atoms with Crippen LogP contribution < -0.4 is 0 Å². The molecule has 30 heavy (non-hydrogen) atoms. The normalized spacial score (nSPS) is 15.9. The van der Waals surface area contributed by atoms with E-state index in [0.29, 0.717) is 50.0 Å². The van der Waals surface area contributed by atoms with Crippen molar-refractivity contribution in [2.45, 2.75) is 18.4 Å². The summed E-state index contributed by atoms with van der Waals surface area (Å²) in [6.45, 7) is 3.84. The zero-order valence-electron chi connectivity index (χ0n) is 16.6. The summed E-state index contributed by atoms with van der Waals surface area (Å²) in [6, 6.07) is 15.6. The highest BCUT2D eigenvalue weighted by atomic mass is 32.2. The second kappa shape index (κ2) is 8.47. The SMILES string of the molecule is CC(=O)c1ccc(S(=O)(=O)N2CCN(Cc3noc(-c4ccccc4)n3)CC2)cc1. The molecule has 2 heterocycles. The summed E-state index contributed by atoms with van der Waals surface area (Å²) in [5.41, 5.74) is 1.36. The molecule has 3 aromatic rings. The van der Waals surface area contributed by atoms with Gasteiger partial charge in [-0.1, -0.05) is 35.5 Å². The molecule has 1 aliphatic rings. The number of ketones is 1. The number of benzene rings is 2. The lowest BCUT2D eigenvalue weighted by atomic mass is 10.2. The summed E-state index contributed by atoms with van der Waals surface area (Å²) in [4.78, 5) is 18.1. The zero-order valence-corrected chi connectivity index (χ0v) is 17.4. The van der Waals surface area contributed by atoms with Gasteiger partial charge < -0.3 is 4.52 Å². The third-order valence-corrected chi connectivity index (χ3v) is 7.00. The molecule has 4 rings (SSSR count). The fourth-order valence-electron chi connectivity index (χ4n) is 3.35. The molecule has 156 valence electrons. The lowest BCUT2D eigenvalue weighted by Gasteiger charge is -2.33. The van der Waals surface area contributed by atoms with E-state index in [-0.39, 0.29) is 10.7 Å². The Kier molecular flexibility index (Phi) is 5.76. The lowest BCUT2D eigenvalue weighted by molar-refractivity contribution is 0.101. The van der Waals surface area contributed by atoms with Crippen LogP contribution in [0.2, 0.25) is 0 Å².